The van der Waals surface area contributed by atoms with E-state index in [1.54, 1.807) is 17.8 Å². The first kappa shape index (κ1) is 10.6. The molecule has 2 rings (SSSR count). The van der Waals surface area contributed by atoms with Crippen LogP contribution in [0.5, 0.6) is 0 Å². The molecule has 0 amide bonds. The molecule has 1 aromatic rings. The quantitative estimate of drug-likeness (QED) is 0.793. The van der Waals surface area contributed by atoms with E-state index < -0.39 is 5.97 Å². The number of hydrogen-bond acceptors (Lipinski definition) is 2. The highest BCUT2D eigenvalue weighted by atomic mass is 32.2. The van der Waals surface area contributed by atoms with Gasteiger partial charge in [0.1, 0.15) is 0 Å². The van der Waals surface area contributed by atoms with Crippen LogP contribution in [-0.4, -0.2) is 16.8 Å². The molecule has 2 nitrogen and oxygen atoms in total. The van der Waals surface area contributed by atoms with E-state index in [1.165, 1.54) is 18.4 Å². The standard InChI is InChI=1S/C12H14O2S/c1-2-15-11-7-9(8-3-4-8)5-6-10(11)12(13)14/h5-8H,2-4H2,1H3,(H,13,14). The Bertz CT molecular complexity index is 383. The largest absolute Gasteiger partial charge is 0.478 e. The van der Waals surface area contributed by atoms with Crippen molar-refractivity contribution in [1.29, 1.82) is 0 Å². The van der Waals surface area contributed by atoms with E-state index in [0.29, 0.717) is 11.5 Å². The van der Waals surface area contributed by atoms with Gasteiger partial charge in [0, 0.05) is 4.90 Å². The molecule has 0 unspecified atom stereocenters. The minimum atomic E-state index is -0.826. The summed E-state index contributed by atoms with van der Waals surface area (Å²) in [5.74, 6) is 0.770. The van der Waals surface area contributed by atoms with Crippen molar-refractivity contribution in [2.24, 2.45) is 0 Å². The fraction of sp³-hybridized carbons (Fsp3) is 0.417. The number of thioether (sulfide) groups is 1. The molecule has 1 N–H and O–H groups in total. The second kappa shape index (κ2) is 4.27. The molecular formula is C12H14O2S. The minimum absolute atomic E-state index is 0.436. The second-order valence-corrected chi connectivity index (χ2v) is 5.07. The topological polar surface area (TPSA) is 37.3 Å². The summed E-state index contributed by atoms with van der Waals surface area (Å²) >= 11 is 1.61. The maximum Gasteiger partial charge on any atom is 0.336 e. The molecule has 0 heterocycles. The Labute approximate surface area is 93.7 Å². The van der Waals surface area contributed by atoms with Gasteiger partial charge < -0.3 is 5.11 Å². The first-order valence-electron chi connectivity index (χ1n) is 5.22. The Morgan fingerprint density at radius 2 is 2.27 bits per heavy atom. The molecule has 3 heteroatoms. The van der Waals surface area contributed by atoms with Crippen LogP contribution in [0, 0.1) is 0 Å². The maximum atomic E-state index is 11.0. The van der Waals surface area contributed by atoms with Crippen LogP contribution < -0.4 is 0 Å². The first-order valence-corrected chi connectivity index (χ1v) is 6.21. The van der Waals surface area contributed by atoms with Gasteiger partial charge in [-0.15, -0.1) is 11.8 Å². The summed E-state index contributed by atoms with van der Waals surface area (Å²) in [7, 11) is 0. The number of carboxylic acids is 1. The Morgan fingerprint density at radius 3 is 2.80 bits per heavy atom. The maximum absolute atomic E-state index is 11.0. The average molecular weight is 222 g/mol. The monoisotopic (exact) mass is 222 g/mol. The number of benzene rings is 1. The zero-order chi connectivity index (χ0) is 10.8. The third-order valence-corrected chi connectivity index (χ3v) is 3.52. The predicted molar refractivity (Wildman–Crippen MR) is 61.8 cm³/mol. The SMILES string of the molecule is CCSc1cc(C2CC2)ccc1C(=O)O. The van der Waals surface area contributed by atoms with Crippen LogP contribution in [0.15, 0.2) is 23.1 Å². The Balaban J connectivity index is 2.34. The normalized spacial score (nSPS) is 15.3. The van der Waals surface area contributed by atoms with Crippen LogP contribution in [0.1, 0.15) is 41.6 Å². The van der Waals surface area contributed by atoms with Crippen molar-refractivity contribution in [2.45, 2.75) is 30.6 Å². The van der Waals surface area contributed by atoms with Crippen LogP contribution in [0.4, 0.5) is 0 Å². The van der Waals surface area contributed by atoms with Crippen LogP contribution in [0.3, 0.4) is 0 Å². The molecule has 0 spiro atoms. The van der Waals surface area contributed by atoms with Gasteiger partial charge in [-0.2, -0.15) is 0 Å². The molecule has 0 radical (unpaired) electrons. The Kier molecular flexibility index (Phi) is 3.00. The van der Waals surface area contributed by atoms with E-state index in [1.807, 2.05) is 13.0 Å². The van der Waals surface area contributed by atoms with Crippen LogP contribution >= 0.6 is 11.8 Å². The average Bonchev–Trinajstić information content (AvgIpc) is 3.01. The van der Waals surface area contributed by atoms with Gasteiger partial charge in [-0.05, 0) is 42.2 Å². The molecule has 1 fully saturated rings. The lowest BCUT2D eigenvalue weighted by molar-refractivity contribution is 0.0693. The molecule has 1 aliphatic carbocycles. The third-order valence-electron chi connectivity index (χ3n) is 2.58. The van der Waals surface area contributed by atoms with Gasteiger partial charge in [-0.3, -0.25) is 0 Å². The molecule has 0 aliphatic heterocycles. The summed E-state index contributed by atoms with van der Waals surface area (Å²) in [6.07, 6.45) is 2.51. The van der Waals surface area contributed by atoms with E-state index in [0.717, 1.165) is 10.6 Å². The smallest absolute Gasteiger partial charge is 0.336 e. The number of carboxylic acid groups (broad SMARTS) is 1. The molecular weight excluding hydrogens is 208 g/mol. The molecule has 15 heavy (non-hydrogen) atoms. The Hall–Kier alpha value is -0.960. The predicted octanol–water partition coefficient (Wildman–Crippen LogP) is 3.37. The van der Waals surface area contributed by atoms with E-state index >= 15 is 0 Å². The summed E-state index contributed by atoms with van der Waals surface area (Å²) in [5.41, 5.74) is 1.74. The second-order valence-electron chi connectivity index (χ2n) is 3.77. The summed E-state index contributed by atoms with van der Waals surface area (Å²) in [6.45, 7) is 2.04. The molecule has 1 aromatic carbocycles. The number of aromatic carboxylic acids is 1. The summed E-state index contributed by atoms with van der Waals surface area (Å²) in [4.78, 5) is 11.9. The van der Waals surface area contributed by atoms with E-state index in [-0.39, 0.29) is 0 Å². The van der Waals surface area contributed by atoms with E-state index in [9.17, 15) is 4.79 Å². The highest BCUT2D eigenvalue weighted by Crippen LogP contribution is 2.41. The van der Waals surface area contributed by atoms with Crippen molar-refractivity contribution in [3.05, 3.63) is 29.3 Å². The van der Waals surface area contributed by atoms with Gasteiger partial charge in [0.25, 0.3) is 0 Å². The lowest BCUT2D eigenvalue weighted by Gasteiger charge is -2.06. The lowest BCUT2D eigenvalue weighted by Crippen LogP contribution is -1.99. The number of rotatable bonds is 4. The minimum Gasteiger partial charge on any atom is -0.478 e. The zero-order valence-corrected chi connectivity index (χ0v) is 9.51. The van der Waals surface area contributed by atoms with Gasteiger partial charge in [-0.1, -0.05) is 13.0 Å². The number of carbonyl (C=O) groups is 1. The first-order chi connectivity index (χ1) is 7.22. The molecule has 0 saturated heterocycles. The van der Waals surface area contributed by atoms with Gasteiger partial charge in [-0.25, -0.2) is 4.79 Å². The summed E-state index contributed by atoms with van der Waals surface area (Å²) < 4.78 is 0. The van der Waals surface area contributed by atoms with Crippen molar-refractivity contribution in [2.75, 3.05) is 5.75 Å². The molecule has 1 aliphatic rings. The number of hydrogen-bond donors (Lipinski definition) is 1. The zero-order valence-electron chi connectivity index (χ0n) is 8.69. The van der Waals surface area contributed by atoms with Crippen molar-refractivity contribution in [1.82, 2.24) is 0 Å². The van der Waals surface area contributed by atoms with Gasteiger partial charge in [0.05, 0.1) is 5.56 Å². The molecule has 0 aromatic heterocycles. The molecule has 0 atom stereocenters. The summed E-state index contributed by atoms with van der Waals surface area (Å²) in [5, 5.41) is 9.02. The van der Waals surface area contributed by atoms with Gasteiger partial charge >= 0.3 is 5.97 Å². The highest BCUT2D eigenvalue weighted by molar-refractivity contribution is 7.99. The van der Waals surface area contributed by atoms with Crippen LogP contribution in [0.25, 0.3) is 0 Å². The van der Waals surface area contributed by atoms with Gasteiger partial charge in [0.15, 0.2) is 0 Å². The van der Waals surface area contributed by atoms with E-state index in [2.05, 4.69) is 6.07 Å². The van der Waals surface area contributed by atoms with Crippen LogP contribution in [0.2, 0.25) is 0 Å². The summed E-state index contributed by atoms with van der Waals surface area (Å²) in [6, 6.07) is 5.75. The van der Waals surface area contributed by atoms with E-state index in [4.69, 9.17) is 5.11 Å². The highest BCUT2D eigenvalue weighted by Gasteiger charge is 2.24. The molecule has 0 bridgehead atoms. The fourth-order valence-corrected chi connectivity index (χ4v) is 2.50. The van der Waals surface area contributed by atoms with Crippen molar-refractivity contribution in [3.63, 3.8) is 0 Å². The van der Waals surface area contributed by atoms with Crippen molar-refractivity contribution < 1.29 is 9.90 Å². The van der Waals surface area contributed by atoms with Crippen molar-refractivity contribution >= 4 is 17.7 Å². The van der Waals surface area contributed by atoms with Gasteiger partial charge in [0.2, 0.25) is 0 Å². The fourth-order valence-electron chi connectivity index (χ4n) is 1.66. The molecule has 1 saturated carbocycles. The lowest BCUT2D eigenvalue weighted by atomic mass is 10.1. The molecule has 80 valence electrons. The third kappa shape index (κ3) is 2.34. The van der Waals surface area contributed by atoms with Crippen molar-refractivity contribution in [3.8, 4) is 0 Å². The van der Waals surface area contributed by atoms with Crippen LogP contribution in [-0.2, 0) is 0 Å². The Morgan fingerprint density at radius 1 is 1.53 bits per heavy atom.